The Kier molecular flexibility index (Phi) is 5.38. The second-order valence-electron chi connectivity index (χ2n) is 6.00. The number of aromatic amines is 1. The van der Waals surface area contributed by atoms with Crippen LogP contribution in [0.4, 0.5) is 0 Å². The third-order valence-corrected chi connectivity index (χ3v) is 4.33. The summed E-state index contributed by atoms with van der Waals surface area (Å²) in [5.74, 6) is 0.880. The highest BCUT2D eigenvalue weighted by Crippen LogP contribution is 2.36. The van der Waals surface area contributed by atoms with E-state index in [1.54, 1.807) is 13.2 Å². The molecule has 5 nitrogen and oxygen atoms in total. The van der Waals surface area contributed by atoms with Gasteiger partial charge in [-0.25, -0.2) is 0 Å². The van der Waals surface area contributed by atoms with Gasteiger partial charge in [0.25, 0.3) is 5.91 Å². The van der Waals surface area contributed by atoms with Gasteiger partial charge in [-0.3, -0.25) is 4.79 Å². The Hall–Kier alpha value is -2.66. The molecule has 136 valence electrons. The molecule has 0 atom stereocenters. The number of aromatic nitrogens is 1. The van der Waals surface area contributed by atoms with Crippen LogP contribution in [-0.2, 0) is 6.54 Å². The van der Waals surface area contributed by atoms with Crippen LogP contribution in [0.3, 0.4) is 0 Å². The number of aryl methyl sites for hydroxylation is 1. The molecule has 0 fully saturated rings. The molecular formula is C20H21ClN2O3. The van der Waals surface area contributed by atoms with Crippen molar-refractivity contribution in [2.45, 2.75) is 20.4 Å². The summed E-state index contributed by atoms with van der Waals surface area (Å²) in [4.78, 5) is 15.6. The molecule has 0 aliphatic carbocycles. The normalized spacial score (nSPS) is 10.8. The van der Waals surface area contributed by atoms with Gasteiger partial charge in [-0.05, 0) is 49.2 Å². The topological polar surface area (TPSA) is 63.3 Å². The zero-order chi connectivity index (χ0) is 18.7. The molecular weight excluding hydrogens is 352 g/mol. The monoisotopic (exact) mass is 372 g/mol. The molecule has 0 aliphatic rings. The van der Waals surface area contributed by atoms with Gasteiger partial charge in [-0.1, -0.05) is 23.7 Å². The van der Waals surface area contributed by atoms with Gasteiger partial charge < -0.3 is 19.8 Å². The van der Waals surface area contributed by atoms with Crippen LogP contribution in [0, 0.1) is 6.92 Å². The molecule has 0 saturated carbocycles. The van der Waals surface area contributed by atoms with E-state index in [0.717, 1.165) is 22.0 Å². The Labute approximate surface area is 157 Å². The lowest BCUT2D eigenvalue weighted by molar-refractivity contribution is 0.0946. The fraction of sp³-hybridized carbons (Fsp3) is 0.250. The Bertz CT molecular complexity index is 950. The fourth-order valence-corrected chi connectivity index (χ4v) is 3.09. The predicted molar refractivity (Wildman–Crippen MR) is 103 cm³/mol. The molecule has 1 amide bonds. The molecule has 3 aromatic rings. The van der Waals surface area contributed by atoms with E-state index in [2.05, 4.69) is 10.3 Å². The number of fused-ring (bicyclic) bond motifs is 1. The molecule has 0 aliphatic heterocycles. The van der Waals surface area contributed by atoms with E-state index in [1.165, 1.54) is 0 Å². The van der Waals surface area contributed by atoms with Gasteiger partial charge in [-0.15, -0.1) is 0 Å². The van der Waals surface area contributed by atoms with Crippen molar-refractivity contribution in [1.82, 2.24) is 10.3 Å². The molecule has 1 aromatic heterocycles. The first-order valence-electron chi connectivity index (χ1n) is 8.38. The number of H-pyrrole nitrogens is 1. The Morgan fingerprint density at radius 2 is 2.04 bits per heavy atom. The largest absolute Gasteiger partial charge is 0.493 e. The SMILES string of the molecule is CCOc1c(Cl)cc(CNC(=O)c2cc3ccc(C)cc3[nH]2)cc1OC. The summed E-state index contributed by atoms with van der Waals surface area (Å²) in [7, 11) is 1.56. The minimum Gasteiger partial charge on any atom is -0.493 e. The van der Waals surface area contributed by atoms with E-state index in [0.29, 0.717) is 35.4 Å². The summed E-state index contributed by atoms with van der Waals surface area (Å²) in [6.45, 7) is 4.72. The molecule has 0 radical (unpaired) electrons. The van der Waals surface area contributed by atoms with Gasteiger partial charge in [0.2, 0.25) is 0 Å². The van der Waals surface area contributed by atoms with Gasteiger partial charge in [0.1, 0.15) is 5.69 Å². The predicted octanol–water partition coefficient (Wildman–Crippen LogP) is 4.47. The average Bonchev–Trinajstić information content (AvgIpc) is 3.04. The van der Waals surface area contributed by atoms with E-state index >= 15 is 0 Å². The van der Waals surface area contributed by atoms with E-state index < -0.39 is 0 Å². The van der Waals surface area contributed by atoms with E-state index in [9.17, 15) is 4.79 Å². The number of amides is 1. The van der Waals surface area contributed by atoms with Crippen LogP contribution in [-0.4, -0.2) is 24.6 Å². The number of hydrogen-bond acceptors (Lipinski definition) is 3. The fourth-order valence-electron chi connectivity index (χ4n) is 2.80. The first-order valence-corrected chi connectivity index (χ1v) is 8.76. The van der Waals surface area contributed by atoms with Gasteiger partial charge >= 0.3 is 0 Å². The molecule has 26 heavy (non-hydrogen) atoms. The van der Waals surface area contributed by atoms with Crippen LogP contribution < -0.4 is 14.8 Å². The van der Waals surface area contributed by atoms with E-state index in [1.807, 2.05) is 44.2 Å². The van der Waals surface area contributed by atoms with Crippen LogP contribution in [0.15, 0.2) is 36.4 Å². The maximum Gasteiger partial charge on any atom is 0.267 e. The van der Waals surface area contributed by atoms with Crippen molar-refractivity contribution in [1.29, 1.82) is 0 Å². The summed E-state index contributed by atoms with van der Waals surface area (Å²) >= 11 is 6.27. The first kappa shape index (κ1) is 18.1. The molecule has 0 bridgehead atoms. The number of benzene rings is 2. The van der Waals surface area contributed by atoms with Crippen molar-refractivity contribution < 1.29 is 14.3 Å². The maximum atomic E-state index is 12.5. The maximum absolute atomic E-state index is 12.5. The summed E-state index contributed by atoms with van der Waals surface area (Å²) in [5.41, 5.74) is 3.44. The number of ether oxygens (including phenoxy) is 2. The van der Waals surface area contributed by atoms with E-state index in [-0.39, 0.29) is 5.91 Å². The highest BCUT2D eigenvalue weighted by Gasteiger charge is 2.13. The smallest absolute Gasteiger partial charge is 0.267 e. The van der Waals surface area contributed by atoms with Gasteiger partial charge in [0, 0.05) is 17.4 Å². The molecule has 0 saturated heterocycles. The second-order valence-corrected chi connectivity index (χ2v) is 6.41. The Balaban J connectivity index is 1.75. The number of hydrogen-bond donors (Lipinski definition) is 2. The standard InChI is InChI=1S/C20H21ClN2O3/c1-4-26-19-15(21)8-13(9-18(19)25-3)11-22-20(24)17-10-14-6-5-12(2)7-16(14)23-17/h5-10,23H,4,11H2,1-3H3,(H,22,24). The molecule has 6 heteroatoms. The zero-order valence-electron chi connectivity index (χ0n) is 15.0. The van der Waals surface area contributed by atoms with Crippen molar-refractivity contribution in [3.63, 3.8) is 0 Å². The van der Waals surface area contributed by atoms with Gasteiger partial charge in [0.05, 0.1) is 18.7 Å². The first-order chi connectivity index (χ1) is 12.5. The zero-order valence-corrected chi connectivity index (χ0v) is 15.7. The van der Waals surface area contributed by atoms with Gasteiger partial charge in [-0.2, -0.15) is 0 Å². The van der Waals surface area contributed by atoms with E-state index in [4.69, 9.17) is 21.1 Å². The summed E-state index contributed by atoms with van der Waals surface area (Å²) in [6, 6.07) is 11.5. The quantitative estimate of drug-likeness (QED) is 0.671. The molecule has 2 aromatic carbocycles. The van der Waals surface area contributed by atoms with Crippen molar-refractivity contribution in [2.75, 3.05) is 13.7 Å². The van der Waals surface area contributed by atoms with Crippen molar-refractivity contribution in [3.05, 3.63) is 58.2 Å². The number of carbonyl (C=O) groups excluding carboxylic acids is 1. The molecule has 2 N–H and O–H groups in total. The Morgan fingerprint density at radius 3 is 2.77 bits per heavy atom. The van der Waals surface area contributed by atoms with Crippen LogP contribution in [0.1, 0.15) is 28.5 Å². The number of methoxy groups -OCH3 is 1. The number of halogens is 1. The van der Waals surface area contributed by atoms with Crippen LogP contribution >= 0.6 is 11.6 Å². The molecule has 3 rings (SSSR count). The highest BCUT2D eigenvalue weighted by atomic mass is 35.5. The lowest BCUT2D eigenvalue weighted by atomic mass is 10.2. The van der Waals surface area contributed by atoms with Crippen molar-refractivity contribution in [3.8, 4) is 11.5 Å². The van der Waals surface area contributed by atoms with Crippen LogP contribution in [0.2, 0.25) is 5.02 Å². The highest BCUT2D eigenvalue weighted by molar-refractivity contribution is 6.32. The Morgan fingerprint density at radius 1 is 1.23 bits per heavy atom. The lowest BCUT2D eigenvalue weighted by Gasteiger charge is -2.13. The summed E-state index contributed by atoms with van der Waals surface area (Å²) in [5, 5.41) is 4.36. The second kappa shape index (κ2) is 7.70. The minimum absolute atomic E-state index is 0.178. The molecule has 0 unspecified atom stereocenters. The molecule has 0 spiro atoms. The van der Waals surface area contributed by atoms with Crippen LogP contribution in [0.25, 0.3) is 10.9 Å². The van der Waals surface area contributed by atoms with Crippen LogP contribution in [0.5, 0.6) is 11.5 Å². The van der Waals surface area contributed by atoms with Gasteiger partial charge in [0.15, 0.2) is 11.5 Å². The molecule has 1 heterocycles. The van der Waals surface area contributed by atoms with Crippen molar-refractivity contribution in [2.24, 2.45) is 0 Å². The summed E-state index contributed by atoms with van der Waals surface area (Å²) < 4.78 is 10.8. The minimum atomic E-state index is -0.178. The van der Waals surface area contributed by atoms with Crippen molar-refractivity contribution >= 4 is 28.4 Å². The summed E-state index contributed by atoms with van der Waals surface area (Å²) in [6.07, 6.45) is 0. The number of nitrogens with one attached hydrogen (secondary N) is 2. The number of carbonyl (C=O) groups is 1. The third-order valence-electron chi connectivity index (χ3n) is 4.05. The lowest BCUT2D eigenvalue weighted by Crippen LogP contribution is -2.23. The number of rotatable bonds is 6. The third kappa shape index (κ3) is 3.78. The average molecular weight is 373 g/mol.